The Labute approximate surface area is 159 Å². The van der Waals surface area contributed by atoms with Crippen LogP contribution in [0, 0.1) is 0 Å². The van der Waals surface area contributed by atoms with E-state index in [1.54, 1.807) is 0 Å². The normalized spacial score (nSPS) is 19.6. The average Bonchev–Trinajstić information content (AvgIpc) is 3.25. The van der Waals surface area contributed by atoms with Crippen LogP contribution in [-0.2, 0) is 17.7 Å². The van der Waals surface area contributed by atoms with Crippen molar-refractivity contribution in [2.45, 2.75) is 51.2 Å². The van der Waals surface area contributed by atoms with Crippen LogP contribution in [-0.4, -0.2) is 39.1 Å². The molecule has 0 saturated carbocycles. The molecule has 138 valence electrons. The van der Waals surface area contributed by atoms with Gasteiger partial charge in [-0.25, -0.2) is 0 Å². The molecule has 7 heteroatoms. The molecule has 3 heterocycles. The summed E-state index contributed by atoms with van der Waals surface area (Å²) in [4.78, 5) is 0. The van der Waals surface area contributed by atoms with Crippen molar-refractivity contribution < 1.29 is 4.74 Å². The molecule has 0 radical (unpaired) electrons. The van der Waals surface area contributed by atoms with Gasteiger partial charge in [0.2, 0.25) is 0 Å². The van der Waals surface area contributed by atoms with E-state index in [0.717, 1.165) is 61.9 Å². The molecule has 6 nitrogen and oxygen atoms in total. The summed E-state index contributed by atoms with van der Waals surface area (Å²) in [6.45, 7) is 2.61. The Bertz CT molecular complexity index is 769. The molecular formula is C19H25N5OS. The largest absolute Gasteiger partial charge is 0.376 e. The number of aryl methyl sites for hydroxylation is 1. The highest BCUT2D eigenvalue weighted by atomic mass is 32.1. The van der Waals surface area contributed by atoms with Crippen molar-refractivity contribution in [3.8, 4) is 11.4 Å². The standard InChI is InChI=1S/C19H25N5OS/c26-19(20-13-16-8-5-11-25-16)21-15-7-4-6-14(12-15)18-23-22-17-9-2-1-3-10-24(17)18/h4,6-7,12,16H,1-3,5,8-11,13H2,(H2,20,21,26)/t16-/m0/s1. The molecule has 1 fully saturated rings. The number of rotatable bonds is 4. The van der Waals surface area contributed by atoms with E-state index in [9.17, 15) is 0 Å². The molecule has 2 aliphatic heterocycles. The van der Waals surface area contributed by atoms with Gasteiger partial charge in [0.05, 0.1) is 6.10 Å². The summed E-state index contributed by atoms with van der Waals surface area (Å²) in [5.41, 5.74) is 2.02. The van der Waals surface area contributed by atoms with Crippen molar-refractivity contribution in [1.29, 1.82) is 0 Å². The summed E-state index contributed by atoms with van der Waals surface area (Å²) in [6, 6.07) is 8.21. The van der Waals surface area contributed by atoms with Gasteiger partial charge in [0.1, 0.15) is 5.82 Å². The molecule has 1 aromatic heterocycles. The molecule has 1 saturated heterocycles. The minimum Gasteiger partial charge on any atom is -0.376 e. The second-order valence-electron chi connectivity index (χ2n) is 6.95. The molecule has 0 aliphatic carbocycles. The smallest absolute Gasteiger partial charge is 0.170 e. The molecule has 0 bridgehead atoms. The summed E-state index contributed by atoms with van der Waals surface area (Å²) in [6.07, 6.45) is 7.17. The number of fused-ring (bicyclic) bond motifs is 1. The first-order valence-electron chi connectivity index (χ1n) is 9.48. The van der Waals surface area contributed by atoms with Crippen molar-refractivity contribution in [3.63, 3.8) is 0 Å². The third kappa shape index (κ3) is 4.04. The van der Waals surface area contributed by atoms with Crippen molar-refractivity contribution >= 4 is 23.0 Å². The van der Waals surface area contributed by atoms with Crippen LogP contribution in [0.25, 0.3) is 11.4 Å². The van der Waals surface area contributed by atoms with E-state index in [-0.39, 0.29) is 6.10 Å². The number of anilines is 1. The average molecular weight is 372 g/mol. The van der Waals surface area contributed by atoms with Crippen molar-refractivity contribution in [2.24, 2.45) is 0 Å². The first-order chi connectivity index (χ1) is 12.8. The number of hydrogen-bond acceptors (Lipinski definition) is 4. The maximum Gasteiger partial charge on any atom is 0.170 e. The van der Waals surface area contributed by atoms with Crippen molar-refractivity contribution in [2.75, 3.05) is 18.5 Å². The van der Waals surface area contributed by atoms with Gasteiger partial charge in [-0.05, 0) is 50.0 Å². The van der Waals surface area contributed by atoms with Gasteiger partial charge in [-0.2, -0.15) is 0 Å². The zero-order valence-corrected chi connectivity index (χ0v) is 15.7. The SMILES string of the molecule is S=C(NC[C@@H]1CCCO1)Nc1cccc(-c2nnc3n2CCCCC3)c1. The van der Waals surface area contributed by atoms with Gasteiger partial charge in [-0.3, -0.25) is 0 Å². The lowest BCUT2D eigenvalue weighted by molar-refractivity contribution is 0.114. The van der Waals surface area contributed by atoms with E-state index >= 15 is 0 Å². The van der Waals surface area contributed by atoms with Gasteiger partial charge in [-0.1, -0.05) is 18.6 Å². The Morgan fingerprint density at radius 2 is 2.19 bits per heavy atom. The number of thiocarbonyl (C=S) groups is 1. The molecule has 2 aliphatic rings. The topological polar surface area (TPSA) is 64.0 Å². The second kappa shape index (κ2) is 8.14. The molecule has 1 aromatic carbocycles. The third-order valence-electron chi connectivity index (χ3n) is 5.00. The minimum atomic E-state index is 0.271. The first kappa shape index (κ1) is 17.4. The highest BCUT2D eigenvalue weighted by Gasteiger charge is 2.17. The van der Waals surface area contributed by atoms with Crippen LogP contribution in [0.2, 0.25) is 0 Å². The Hall–Kier alpha value is -1.99. The van der Waals surface area contributed by atoms with Crippen molar-refractivity contribution in [1.82, 2.24) is 20.1 Å². The van der Waals surface area contributed by atoms with E-state index in [2.05, 4.69) is 37.5 Å². The second-order valence-corrected chi connectivity index (χ2v) is 7.36. The Kier molecular flexibility index (Phi) is 5.45. The van der Waals surface area contributed by atoms with Crippen molar-refractivity contribution in [3.05, 3.63) is 30.1 Å². The van der Waals surface area contributed by atoms with Crippen LogP contribution in [0.1, 0.15) is 37.9 Å². The molecule has 0 unspecified atom stereocenters. The number of ether oxygens (including phenoxy) is 1. The molecule has 0 spiro atoms. The number of aromatic nitrogens is 3. The Balaban J connectivity index is 1.43. The zero-order valence-electron chi connectivity index (χ0n) is 14.9. The number of benzene rings is 1. The molecule has 26 heavy (non-hydrogen) atoms. The van der Waals surface area contributed by atoms with Gasteiger partial charge in [0, 0.05) is 37.4 Å². The van der Waals surface area contributed by atoms with Gasteiger partial charge < -0.3 is 19.9 Å². The van der Waals surface area contributed by atoms with Crippen LogP contribution < -0.4 is 10.6 Å². The van der Waals surface area contributed by atoms with E-state index in [4.69, 9.17) is 17.0 Å². The summed E-state index contributed by atoms with van der Waals surface area (Å²) in [5.74, 6) is 2.05. The molecule has 1 atom stereocenters. The van der Waals surface area contributed by atoms with E-state index in [0.29, 0.717) is 5.11 Å². The monoisotopic (exact) mass is 371 g/mol. The summed E-state index contributed by atoms with van der Waals surface area (Å²) >= 11 is 5.42. The van der Waals surface area contributed by atoms with Gasteiger partial charge in [0.25, 0.3) is 0 Å². The fourth-order valence-electron chi connectivity index (χ4n) is 3.62. The fourth-order valence-corrected chi connectivity index (χ4v) is 3.82. The van der Waals surface area contributed by atoms with Crippen LogP contribution >= 0.6 is 12.2 Å². The predicted octanol–water partition coefficient (Wildman–Crippen LogP) is 3.14. The quantitative estimate of drug-likeness (QED) is 0.805. The third-order valence-corrected chi connectivity index (χ3v) is 5.25. The highest BCUT2D eigenvalue weighted by molar-refractivity contribution is 7.80. The molecular weight excluding hydrogens is 346 g/mol. The first-order valence-corrected chi connectivity index (χ1v) is 9.89. The van der Waals surface area contributed by atoms with Gasteiger partial charge in [-0.15, -0.1) is 10.2 Å². The molecule has 2 N–H and O–H groups in total. The lowest BCUT2D eigenvalue weighted by Crippen LogP contribution is -2.34. The summed E-state index contributed by atoms with van der Waals surface area (Å²) in [5, 5.41) is 16.0. The van der Waals surface area contributed by atoms with Crippen LogP contribution in [0.5, 0.6) is 0 Å². The predicted molar refractivity (Wildman–Crippen MR) is 106 cm³/mol. The summed E-state index contributed by atoms with van der Waals surface area (Å²) < 4.78 is 7.88. The maximum atomic E-state index is 5.62. The maximum absolute atomic E-state index is 5.62. The zero-order chi connectivity index (χ0) is 17.8. The lowest BCUT2D eigenvalue weighted by Gasteiger charge is -2.14. The molecule has 2 aromatic rings. The van der Waals surface area contributed by atoms with Gasteiger partial charge in [0.15, 0.2) is 10.9 Å². The Morgan fingerprint density at radius 3 is 3.08 bits per heavy atom. The van der Waals surface area contributed by atoms with E-state index < -0.39 is 0 Å². The number of hydrogen-bond donors (Lipinski definition) is 2. The fraction of sp³-hybridized carbons (Fsp3) is 0.526. The van der Waals surface area contributed by atoms with Crippen LogP contribution in [0.15, 0.2) is 24.3 Å². The highest BCUT2D eigenvalue weighted by Crippen LogP contribution is 2.24. The van der Waals surface area contributed by atoms with Crippen LogP contribution in [0.4, 0.5) is 5.69 Å². The Morgan fingerprint density at radius 1 is 1.23 bits per heavy atom. The molecule has 4 rings (SSSR count). The van der Waals surface area contributed by atoms with E-state index in [1.165, 1.54) is 19.3 Å². The lowest BCUT2D eigenvalue weighted by atomic mass is 10.2. The van der Waals surface area contributed by atoms with Gasteiger partial charge >= 0.3 is 0 Å². The number of nitrogens with one attached hydrogen (secondary N) is 2. The summed E-state index contributed by atoms with van der Waals surface area (Å²) in [7, 11) is 0. The van der Waals surface area contributed by atoms with E-state index in [1.807, 2.05) is 12.1 Å². The van der Waals surface area contributed by atoms with Crippen LogP contribution in [0.3, 0.4) is 0 Å². The number of nitrogens with zero attached hydrogens (tertiary/aromatic N) is 3. The minimum absolute atomic E-state index is 0.271. The molecule has 0 amide bonds.